The summed E-state index contributed by atoms with van der Waals surface area (Å²) in [5.74, 6) is -0.670. The monoisotopic (exact) mass is 400 g/mol. The fourth-order valence-corrected chi connectivity index (χ4v) is 2.69. The number of alkyl halides is 3. The lowest BCUT2D eigenvalue weighted by atomic mass is 9.88. The molecule has 0 aliphatic carbocycles. The average molecular weight is 400 g/mol. The van der Waals surface area contributed by atoms with E-state index in [0.29, 0.717) is 16.9 Å². The molecule has 0 bridgehead atoms. The lowest BCUT2D eigenvalue weighted by Crippen LogP contribution is -2.36. The van der Waals surface area contributed by atoms with Gasteiger partial charge < -0.3 is 5.11 Å². The number of hydrogen-bond acceptors (Lipinski definition) is 4. The number of carbonyl (C=O) groups is 1. The van der Waals surface area contributed by atoms with E-state index < -0.39 is 35.1 Å². The molecule has 2 heterocycles. The van der Waals surface area contributed by atoms with Crippen LogP contribution in [-0.2, 0) is 15.9 Å². The highest BCUT2D eigenvalue weighted by atomic mass is 19.4. The first kappa shape index (κ1) is 22.1. The summed E-state index contributed by atoms with van der Waals surface area (Å²) in [5.41, 5.74) is -2.60. The third kappa shape index (κ3) is 4.45. The molecule has 6 nitrogen and oxygen atoms in total. The van der Waals surface area contributed by atoms with Crippen LogP contribution in [0.5, 0.6) is 0 Å². The van der Waals surface area contributed by atoms with Gasteiger partial charge in [0.05, 0.1) is 11.1 Å². The van der Waals surface area contributed by atoms with E-state index in [4.69, 9.17) is 0 Å². The molecule has 0 saturated heterocycles. The largest absolute Gasteiger partial charge is 0.394 e. The molecule has 2 N–H and O–H groups in total. The van der Waals surface area contributed by atoms with E-state index in [-0.39, 0.29) is 5.95 Å². The zero-order valence-electron chi connectivity index (χ0n) is 17.2. The Morgan fingerprint density at radius 3 is 2.11 bits per heavy atom. The fraction of sp³-hybridized carbons (Fsp3) is 0.632. The van der Waals surface area contributed by atoms with Crippen molar-refractivity contribution in [3.63, 3.8) is 0 Å². The van der Waals surface area contributed by atoms with E-state index in [2.05, 4.69) is 15.3 Å². The van der Waals surface area contributed by atoms with Crippen LogP contribution < -0.4 is 5.32 Å². The van der Waals surface area contributed by atoms with Crippen molar-refractivity contribution in [2.75, 3.05) is 5.32 Å². The molecule has 0 unspecified atom stereocenters. The standard InChI is InChI=1S/C19H27F3N4O2/c1-16(2,3)26-14-11(8-9-12(24-14)18(6,7)28)23-15(26)25-13(27)10-17(4,5)19(20,21)22/h8-9,28H,10H2,1-7H3,(H,23,25,27). The van der Waals surface area contributed by atoms with E-state index in [1.54, 1.807) is 30.5 Å². The van der Waals surface area contributed by atoms with E-state index in [0.717, 1.165) is 13.8 Å². The Kier molecular flexibility index (Phi) is 5.31. The van der Waals surface area contributed by atoms with E-state index in [1.807, 2.05) is 20.8 Å². The number of imidazole rings is 1. The fourth-order valence-electron chi connectivity index (χ4n) is 2.69. The van der Waals surface area contributed by atoms with Gasteiger partial charge in [-0.1, -0.05) is 13.8 Å². The van der Waals surface area contributed by atoms with Crippen molar-refractivity contribution >= 4 is 23.0 Å². The van der Waals surface area contributed by atoms with Crippen LogP contribution in [-0.4, -0.2) is 31.7 Å². The van der Waals surface area contributed by atoms with Crippen LogP contribution in [0.15, 0.2) is 12.1 Å². The third-order valence-corrected chi connectivity index (χ3v) is 4.42. The van der Waals surface area contributed by atoms with Gasteiger partial charge in [-0.15, -0.1) is 0 Å². The highest BCUT2D eigenvalue weighted by Gasteiger charge is 2.48. The van der Waals surface area contributed by atoms with Crippen LogP contribution in [0.4, 0.5) is 19.1 Å². The zero-order valence-corrected chi connectivity index (χ0v) is 17.2. The molecule has 0 radical (unpaired) electrons. The molecule has 156 valence electrons. The topological polar surface area (TPSA) is 80.0 Å². The van der Waals surface area contributed by atoms with Crippen molar-refractivity contribution < 1.29 is 23.1 Å². The highest BCUT2D eigenvalue weighted by Crippen LogP contribution is 2.40. The van der Waals surface area contributed by atoms with Gasteiger partial charge in [0.1, 0.15) is 11.1 Å². The second-order valence-corrected chi connectivity index (χ2v) is 9.15. The van der Waals surface area contributed by atoms with Crippen LogP contribution in [0.2, 0.25) is 0 Å². The van der Waals surface area contributed by atoms with Gasteiger partial charge >= 0.3 is 6.18 Å². The van der Waals surface area contributed by atoms with Crippen molar-refractivity contribution in [1.29, 1.82) is 0 Å². The summed E-state index contributed by atoms with van der Waals surface area (Å²) in [7, 11) is 0. The summed E-state index contributed by atoms with van der Waals surface area (Å²) in [6.45, 7) is 10.8. The van der Waals surface area contributed by atoms with Crippen LogP contribution in [0.1, 0.15) is 60.6 Å². The van der Waals surface area contributed by atoms with E-state index in [1.165, 1.54) is 0 Å². The SMILES string of the molecule is CC(C)(O)c1ccc2nc(NC(=O)CC(C)(C)C(F)(F)F)n(C(C)(C)C)c2n1. The summed E-state index contributed by atoms with van der Waals surface area (Å²) in [6, 6.07) is 3.29. The molecule has 0 spiro atoms. The van der Waals surface area contributed by atoms with Gasteiger partial charge in [-0.2, -0.15) is 13.2 Å². The lowest BCUT2D eigenvalue weighted by molar-refractivity contribution is -0.213. The minimum absolute atomic E-state index is 0.117. The number of nitrogens with one attached hydrogen (secondary N) is 1. The normalized spacial score (nSPS) is 13.8. The molecule has 0 saturated carbocycles. The molecule has 0 aliphatic rings. The van der Waals surface area contributed by atoms with Crippen molar-refractivity contribution in [2.24, 2.45) is 5.41 Å². The number of hydrogen-bond donors (Lipinski definition) is 2. The van der Waals surface area contributed by atoms with Crippen LogP contribution in [0.25, 0.3) is 11.2 Å². The smallest absolute Gasteiger partial charge is 0.384 e. The van der Waals surface area contributed by atoms with E-state index >= 15 is 0 Å². The van der Waals surface area contributed by atoms with Gasteiger partial charge in [0, 0.05) is 12.0 Å². The van der Waals surface area contributed by atoms with Gasteiger partial charge in [0.2, 0.25) is 11.9 Å². The minimum Gasteiger partial charge on any atom is -0.384 e. The molecular formula is C19H27F3N4O2. The first-order valence-electron chi connectivity index (χ1n) is 8.93. The molecule has 0 atom stereocenters. The first-order valence-corrected chi connectivity index (χ1v) is 8.93. The number of aromatic nitrogens is 3. The van der Waals surface area contributed by atoms with Crippen molar-refractivity contribution in [2.45, 2.75) is 72.2 Å². The maximum atomic E-state index is 13.1. The molecule has 2 rings (SSSR count). The number of rotatable bonds is 4. The predicted octanol–water partition coefficient (Wildman–Crippen LogP) is 4.33. The Labute approximate surface area is 162 Å². The number of aliphatic hydroxyl groups is 1. The van der Waals surface area contributed by atoms with Gasteiger partial charge in [-0.05, 0) is 46.8 Å². The lowest BCUT2D eigenvalue weighted by Gasteiger charge is -2.28. The second-order valence-electron chi connectivity index (χ2n) is 9.15. The van der Waals surface area contributed by atoms with Crippen molar-refractivity contribution in [3.05, 3.63) is 17.8 Å². The van der Waals surface area contributed by atoms with Crippen LogP contribution >= 0.6 is 0 Å². The molecular weight excluding hydrogens is 373 g/mol. The molecule has 0 aromatic carbocycles. The molecule has 1 amide bonds. The summed E-state index contributed by atoms with van der Waals surface area (Å²) in [5, 5.41) is 12.7. The number of pyridine rings is 1. The number of nitrogens with zero attached hydrogens (tertiary/aromatic N) is 3. The maximum Gasteiger partial charge on any atom is 0.394 e. The summed E-state index contributed by atoms with van der Waals surface area (Å²) in [4.78, 5) is 21.1. The van der Waals surface area contributed by atoms with Crippen LogP contribution in [0, 0.1) is 5.41 Å². The van der Waals surface area contributed by atoms with Gasteiger partial charge in [-0.25, -0.2) is 9.97 Å². The molecule has 0 aliphatic heterocycles. The summed E-state index contributed by atoms with van der Waals surface area (Å²) >= 11 is 0. The maximum absolute atomic E-state index is 13.1. The third-order valence-electron chi connectivity index (χ3n) is 4.42. The van der Waals surface area contributed by atoms with Gasteiger partial charge in [0.25, 0.3) is 0 Å². The Morgan fingerprint density at radius 2 is 1.64 bits per heavy atom. The quantitative estimate of drug-likeness (QED) is 0.801. The van der Waals surface area contributed by atoms with Crippen molar-refractivity contribution in [3.8, 4) is 0 Å². The minimum atomic E-state index is -4.50. The van der Waals surface area contributed by atoms with Crippen LogP contribution in [0.3, 0.4) is 0 Å². The summed E-state index contributed by atoms with van der Waals surface area (Å²) in [6.07, 6.45) is -5.23. The zero-order chi connectivity index (χ0) is 21.7. The average Bonchev–Trinajstić information content (AvgIpc) is 2.80. The summed E-state index contributed by atoms with van der Waals surface area (Å²) < 4.78 is 40.9. The number of halogens is 3. The Hall–Kier alpha value is -2.16. The van der Waals surface area contributed by atoms with Gasteiger partial charge in [0.15, 0.2) is 5.65 Å². The number of amides is 1. The highest BCUT2D eigenvalue weighted by molar-refractivity contribution is 5.91. The molecule has 0 fully saturated rings. The van der Waals surface area contributed by atoms with Crippen molar-refractivity contribution in [1.82, 2.24) is 14.5 Å². The Balaban J connectivity index is 2.49. The first-order chi connectivity index (χ1) is 12.4. The molecule has 2 aromatic rings. The number of fused-ring (bicyclic) bond motifs is 1. The molecule has 2 aromatic heterocycles. The van der Waals surface area contributed by atoms with Gasteiger partial charge in [-0.3, -0.25) is 14.7 Å². The second kappa shape index (κ2) is 6.72. The predicted molar refractivity (Wildman–Crippen MR) is 101 cm³/mol. The molecule has 28 heavy (non-hydrogen) atoms. The number of carbonyl (C=O) groups excluding carboxylic acids is 1. The molecule has 9 heteroatoms. The Morgan fingerprint density at radius 1 is 1.07 bits per heavy atom. The van der Waals surface area contributed by atoms with E-state index in [9.17, 15) is 23.1 Å². The number of anilines is 1. The Bertz CT molecular complexity index is 887.